The zero-order valence-corrected chi connectivity index (χ0v) is 14.0. The second-order valence-electron chi connectivity index (χ2n) is 5.42. The third-order valence-electron chi connectivity index (χ3n) is 3.75. The molecule has 0 spiro atoms. The predicted molar refractivity (Wildman–Crippen MR) is 92.3 cm³/mol. The van der Waals surface area contributed by atoms with E-state index in [0.717, 1.165) is 30.9 Å². The van der Waals surface area contributed by atoms with Crippen molar-refractivity contribution in [1.82, 2.24) is 10.2 Å². The number of carbonyl (C=O) groups excluding carboxylic acids is 1. The molecule has 21 heavy (non-hydrogen) atoms. The Morgan fingerprint density at radius 3 is 2.71 bits per heavy atom. The molecule has 0 saturated carbocycles. The van der Waals surface area contributed by atoms with E-state index in [9.17, 15) is 4.79 Å². The number of likely N-dealkylation sites (tertiary alicyclic amines) is 1. The number of anilines is 1. The number of aryl methyl sites for hydroxylation is 1. The highest BCUT2D eigenvalue weighted by molar-refractivity contribution is 5.85. The molecular weight excluding hydrogens is 309 g/mol. The van der Waals surface area contributed by atoms with Gasteiger partial charge in [0, 0.05) is 25.2 Å². The summed E-state index contributed by atoms with van der Waals surface area (Å²) >= 11 is 0. The highest BCUT2D eigenvalue weighted by Crippen LogP contribution is 2.14. The first-order chi connectivity index (χ1) is 9.15. The number of amides is 1. The van der Waals surface area contributed by atoms with Gasteiger partial charge in [-0.1, -0.05) is 18.2 Å². The van der Waals surface area contributed by atoms with E-state index >= 15 is 0 Å². The molecule has 0 bridgehead atoms. The molecule has 1 atom stereocenters. The quantitative estimate of drug-likeness (QED) is 0.811. The Bertz CT molecular complexity index is 443. The first-order valence-corrected chi connectivity index (χ1v) is 6.94. The van der Waals surface area contributed by atoms with Crippen molar-refractivity contribution in [3.8, 4) is 0 Å². The Balaban J connectivity index is 0.00000200. The number of nitrogens with one attached hydrogen (secondary N) is 1. The Morgan fingerprint density at radius 2 is 2.10 bits per heavy atom. The Hall–Kier alpha value is -0.970. The summed E-state index contributed by atoms with van der Waals surface area (Å²) in [6, 6.07) is 7.73. The van der Waals surface area contributed by atoms with E-state index < -0.39 is 0 Å². The smallest absolute Gasteiger partial charge is 0.220 e. The minimum atomic E-state index is 0. The Labute approximate surface area is 139 Å². The van der Waals surface area contributed by atoms with E-state index in [1.165, 1.54) is 6.42 Å². The van der Waals surface area contributed by atoms with Crippen molar-refractivity contribution in [3.63, 3.8) is 0 Å². The van der Waals surface area contributed by atoms with Crippen LogP contribution < -0.4 is 11.1 Å². The van der Waals surface area contributed by atoms with Crippen molar-refractivity contribution < 1.29 is 4.79 Å². The average molecular weight is 334 g/mol. The summed E-state index contributed by atoms with van der Waals surface area (Å²) in [5.74, 6) is 0.730. The highest BCUT2D eigenvalue weighted by Gasteiger charge is 2.19. The number of hydrogen-bond acceptors (Lipinski definition) is 3. The topological polar surface area (TPSA) is 58.4 Å². The summed E-state index contributed by atoms with van der Waals surface area (Å²) in [4.78, 5) is 14.1. The maximum absolute atomic E-state index is 11.8. The number of carbonyl (C=O) groups is 1. The maximum Gasteiger partial charge on any atom is 0.220 e. The first-order valence-electron chi connectivity index (χ1n) is 6.94. The van der Waals surface area contributed by atoms with Crippen LogP contribution >= 0.6 is 24.8 Å². The Morgan fingerprint density at radius 1 is 1.38 bits per heavy atom. The fourth-order valence-corrected chi connectivity index (χ4v) is 2.55. The second kappa shape index (κ2) is 9.87. The van der Waals surface area contributed by atoms with Crippen molar-refractivity contribution in [2.75, 3.05) is 32.4 Å². The standard InChI is InChI=1S/C15H23N3O.2ClH/c1-18-9-8-12(11-18)10-17-15(19)7-6-13-4-2-3-5-14(13)16;;/h2-5,12H,6-11,16H2,1H3,(H,17,19);2*1H. The SMILES string of the molecule is CN1CCC(CNC(=O)CCc2ccccc2N)C1.Cl.Cl. The molecule has 0 radical (unpaired) electrons. The molecule has 1 amide bonds. The van der Waals surface area contributed by atoms with E-state index in [4.69, 9.17) is 5.73 Å². The summed E-state index contributed by atoms with van der Waals surface area (Å²) in [6.07, 6.45) is 2.41. The van der Waals surface area contributed by atoms with Gasteiger partial charge in [-0.05, 0) is 44.0 Å². The van der Waals surface area contributed by atoms with Crippen molar-refractivity contribution in [1.29, 1.82) is 0 Å². The predicted octanol–water partition coefficient (Wildman–Crippen LogP) is 2.11. The van der Waals surface area contributed by atoms with Crippen LogP contribution in [0.1, 0.15) is 18.4 Å². The fourth-order valence-electron chi connectivity index (χ4n) is 2.55. The number of nitrogen functional groups attached to an aromatic ring is 1. The third kappa shape index (κ3) is 6.55. The van der Waals surface area contributed by atoms with Gasteiger partial charge >= 0.3 is 0 Å². The summed E-state index contributed by atoms with van der Waals surface area (Å²) in [7, 11) is 2.13. The molecule has 1 aliphatic rings. The minimum Gasteiger partial charge on any atom is -0.399 e. The lowest BCUT2D eigenvalue weighted by atomic mass is 10.1. The van der Waals surface area contributed by atoms with Crippen molar-refractivity contribution >= 4 is 36.4 Å². The van der Waals surface area contributed by atoms with E-state index in [2.05, 4.69) is 17.3 Å². The molecular formula is C15H25Cl2N3O. The van der Waals surface area contributed by atoms with Crippen LogP contribution in [0.2, 0.25) is 0 Å². The third-order valence-corrected chi connectivity index (χ3v) is 3.75. The van der Waals surface area contributed by atoms with Gasteiger partial charge < -0.3 is 16.0 Å². The van der Waals surface area contributed by atoms with Crippen molar-refractivity contribution in [3.05, 3.63) is 29.8 Å². The number of hydrogen-bond donors (Lipinski definition) is 2. The summed E-state index contributed by atoms with van der Waals surface area (Å²) in [5.41, 5.74) is 7.68. The molecule has 1 fully saturated rings. The molecule has 4 nitrogen and oxygen atoms in total. The van der Waals surface area contributed by atoms with Crippen LogP contribution in [-0.4, -0.2) is 37.5 Å². The molecule has 1 heterocycles. The lowest BCUT2D eigenvalue weighted by Gasteiger charge is -2.12. The Kier molecular flexibility index (Phi) is 9.42. The van der Waals surface area contributed by atoms with Crippen LogP contribution in [0.15, 0.2) is 24.3 Å². The number of nitrogens with zero attached hydrogens (tertiary/aromatic N) is 1. The highest BCUT2D eigenvalue weighted by atomic mass is 35.5. The summed E-state index contributed by atoms with van der Waals surface area (Å²) < 4.78 is 0. The lowest BCUT2D eigenvalue weighted by molar-refractivity contribution is -0.121. The molecule has 3 N–H and O–H groups in total. The lowest BCUT2D eigenvalue weighted by Crippen LogP contribution is -2.30. The second-order valence-corrected chi connectivity index (χ2v) is 5.42. The zero-order valence-electron chi connectivity index (χ0n) is 12.4. The molecule has 2 rings (SSSR count). The van der Waals surface area contributed by atoms with Gasteiger partial charge in [0.1, 0.15) is 0 Å². The van der Waals surface area contributed by atoms with Gasteiger partial charge in [-0.25, -0.2) is 0 Å². The normalized spacial score (nSPS) is 17.7. The zero-order chi connectivity index (χ0) is 13.7. The van der Waals surface area contributed by atoms with E-state index in [-0.39, 0.29) is 30.7 Å². The van der Waals surface area contributed by atoms with E-state index in [0.29, 0.717) is 18.8 Å². The average Bonchev–Trinajstić information content (AvgIpc) is 2.81. The molecule has 6 heteroatoms. The van der Waals surface area contributed by atoms with Gasteiger partial charge in [-0.15, -0.1) is 24.8 Å². The number of nitrogens with two attached hydrogens (primary N) is 1. The molecule has 1 saturated heterocycles. The van der Waals surface area contributed by atoms with Crippen LogP contribution in [0.25, 0.3) is 0 Å². The van der Waals surface area contributed by atoms with Crippen molar-refractivity contribution in [2.24, 2.45) is 5.92 Å². The summed E-state index contributed by atoms with van der Waals surface area (Å²) in [6.45, 7) is 3.03. The number of rotatable bonds is 5. The van der Waals surface area contributed by atoms with Crippen molar-refractivity contribution in [2.45, 2.75) is 19.3 Å². The van der Waals surface area contributed by atoms with Gasteiger partial charge in [-0.2, -0.15) is 0 Å². The van der Waals surface area contributed by atoms with Gasteiger partial charge in [0.15, 0.2) is 0 Å². The summed E-state index contributed by atoms with van der Waals surface area (Å²) in [5, 5.41) is 3.03. The molecule has 120 valence electrons. The van der Waals surface area contributed by atoms with Crippen LogP contribution in [0.4, 0.5) is 5.69 Å². The molecule has 1 aliphatic heterocycles. The fraction of sp³-hybridized carbons (Fsp3) is 0.533. The molecule has 1 aromatic carbocycles. The number of halogens is 2. The van der Waals surface area contributed by atoms with Gasteiger partial charge in [0.2, 0.25) is 5.91 Å². The van der Waals surface area contributed by atoms with Crippen LogP contribution in [0.5, 0.6) is 0 Å². The largest absolute Gasteiger partial charge is 0.399 e. The van der Waals surface area contributed by atoms with Crippen LogP contribution in [-0.2, 0) is 11.2 Å². The van der Waals surface area contributed by atoms with E-state index in [1.807, 2.05) is 24.3 Å². The van der Waals surface area contributed by atoms with Crippen LogP contribution in [0, 0.1) is 5.92 Å². The molecule has 1 unspecified atom stereocenters. The minimum absolute atomic E-state index is 0. The number of benzene rings is 1. The molecule has 0 aliphatic carbocycles. The number of para-hydroxylation sites is 1. The van der Waals surface area contributed by atoms with Gasteiger partial charge in [-0.3, -0.25) is 4.79 Å². The van der Waals surface area contributed by atoms with Gasteiger partial charge in [0.25, 0.3) is 0 Å². The first kappa shape index (κ1) is 20.0. The van der Waals surface area contributed by atoms with Crippen LogP contribution in [0.3, 0.4) is 0 Å². The monoisotopic (exact) mass is 333 g/mol. The maximum atomic E-state index is 11.8. The molecule has 1 aromatic rings. The molecule has 0 aromatic heterocycles. The van der Waals surface area contributed by atoms with Gasteiger partial charge in [0.05, 0.1) is 0 Å². The van der Waals surface area contributed by atoms with E-state index in [1.54, 1.807) is 0 Å².